The van der Waals surface area contributed by atoms with Crippen molar-refractivity contribution in [2.45, 2.75) is 32.4 Å². The van der Waals surface area contributed by atoms with E-state index in [4.69, 9.17) is 33.9 Å². The van der Waals surface area contributed by atoms with Gasteiger partial charge in [0.25, 0.3) is 5.91 Å². The number of benzene rings is 2. The van der Waals surface area contributed by atoms with E-state index in [-0.39, 0.29) is 24.4 Å². The molecule has 0 aromatic heterocycles. The molecule has 2 aromatic rings. The van der Waals surface area contributed by atoms with E-state index in [1.165, 1.54) is 11.8 Å². The van der Waals surface area contributed by atoms with E-state index in [2.05, 4.69) is 17.1 Å². The van der Waals surface area contributed by atoms with E-state index < -0.39 is 11.4 Å². The van der Waals surface area contributed by atoms with Crippen molar-refractivity contribution in [3.63, 3.8) is 0 Å². The van der Waals surface area contributed by atoms with Gasteiger partial charge in [-0.3, -0.25) is 9.59 Å². The van der Waals surface area contributed by atoms with E-state index in [0.717, 1.165) is 22.0 Å². The van der Waals surface area contributed by atoms with Crippen LogP contribution in [0.15, 0.2) is 64.1 Å². The Bertz CT molecular complexity index is 1160. The first kappa shape index (κ1) is 23.7. The molecule has 2 heterocycles. The summed E-state index contributed by atoms with van der Waals surface area (Å²) in [5.74, 6) is -0.894. The van der Waals surface area contributed by atoms with Crippen LogP contribution in [-0.4, -0.2) is 28.4 Å². The van der Waals surface area contributed by atoms with E-state index in [9.17, 15) is 9.59 Å². The molecular weight excluding hydrogens is 479 g/mol. The Hall–Kier alpha value is -2.48. The molecular formula is C24H24Cl2N4O2S. The Labute approximate surface area is 207 Å². The number of carbonyl (C=O) groups excluding carboxylic acids is 2. The molecule has 9 heteroatoms. The van der Waals surface area contributed by atoms with Crippen LogP contribution in [0, 0.1) is 5.92 Å². The molecule has 2 atom stereocenters. The van der Waals surface area contributed by atoms with Crippen LogP contribution in [0.2, 0.25) is 10.0 Å². The second-order valence-corrected chi connectivity index (χ2v) is 10.3. The average molecular weight is 503 g/mol. The predicted octanol–water partition coefficient (Wildman–Crippen LogP) is 4.84. The van der Waals surface area contributed by atoms with Crippen LogP contribution < -0.4 is 11.1 Å². The zero-order valence-corrected chi connectivity index (χ0v) is 20.8. The second-order valence-electron chi connectivity index (χ2n) is 8.49. The van der Waals surface area contributed by atoms with Crippen molar-refractivity contribution in [2.75, 3.05) is 6.54 Å². The third-order valence-corrected chi connectivity index (χ3v) is 7.37. The number of halogens is 2. The molecule has 0 fully saturated rings. The number of nitrogens with one attached hydrogen (secondary N) is 1. The SMILES string of the molecule is CC(C)C1=C(C(=O)NCC(N)=O)SC2=NC(C)(c3ccc(Cl)cc3)C(c3ccc(Cl)cc3)N21. The van der Waals surface area contributed by atoms with Gasteiger partial charge >= 0.3 is 0 Å². The van der Waals surface area contributed by atoms with Crippen molar-refractivity contribution in [2.24, 2.45) is 16.6 Å². The normalized spacial score (nSPS) is 21.9. The summed E-state index contributed by atoms with van der Waals surface area (Å²) in [6.45, 7) is 5.95. The van der Waals surface area contributed by atoms with Gasteiger partial charge in [-0.2, -0.15) is 0 Å². The molecule has 0 saturated heterocycles. The molecule has 6 nitrogen and oxygen atoms in total. The van der Waals surface area contributed by atoms with Gasteiger partial charge in [-0.25, -0.2) is 4.99 Å². The third-order valence-electron chi connectivity index (χ3n) is 5.80. The Morgan fingerprint density at radius 2 is 1.70 bits per heavy atom. The molecule has 0 aliphatic carbocycles. The molecule has 0 radical (unpaired) electrons. The first-order valence-corrected chi connectivity index (χ1v) is 12.1. The third kappa shape index (κ3) is 4.37. The fraction of sp³-hybridized carbons (Fsp3) is 0.292. The zero-order chi connectivity index (χ0) is 23.9. The van der Waals surface area contributed by atoms with Gasteiger partial charge in [-0.15, -0.1) is 0 Å². The second kappa shape index (κ2) is 9.05. The Morgan fingerprint density at radius 1 is 1.12 bits per heavy atom. The molecule has 3 N–H and O–H groups in total. The quantitative estimate of drug-likeness (QED) is 0.591. The number of hydrogen-bond donors (Lipinski definition) is 2. The van der Waals surface area contributed by atoms with Crippen molar-refractivity contribution in [3.05, 3.63) is 80.3 Å². The van der Waals surface area contributed by atoms with Crippen LogP contribution in [0.5, 0.6) is 0 Å². The molecule has 0 saturated carbocycles. The number of carbonyl (C=O) groups is 2. The van der Waals surface area contributed by atoms with Gasteiger partial charge in [0.05, 0.1) is 17.5 Å². The smallest absolute Gasteiger partial charge is 0.260 e. The number of primary amides is 1. The minimum Gasteiger partial charge on any atom is -0.368 e. The molecule has 172 valence electrons. The molecule has 2 amide bonds. The minimum atomic E-state index is -0.629. The highest BCUT2D eigenvalue weighted by Crippen LogP contribution is 2.56. The van der Waals surface area contributed by atoms with Gasteiger partial charge in [0.1, 0.15) is 5.54 Å². The number of nitrogens with zero attached hydrogens (tertiary/aromatic N) is 2. The topological polar surface area (TPSA) is 87.8 Å². The number of aliphatic imine (C=N–C) groups is 1. The van der Waals surface area contributed by atoms with Crippen LogP contribution >= 0.6 is 35.0 Å². The number of amidine groups is 1. The Balaban J connectivity index is 1.84. The summed E-state index contributed by atoms with van der Waals surface area (Å²) < 4.78 is 0. The van der Waals surface area contributed by atoms with E-state index in [1.807, 2.05) is 62.4 Å². The van der Waals surface area contributed by atoms with E-state index >= 15 is 0 Å². The highest BCUT2D eigenvalue weighted by molar-refractivity contribution is 8.18. The Kier molecular flexibility index (Phi) is 6.49. The number of hydrogen-bond acceptors (Lipinski definition) is 5. The molecule has 0 bridgehead atoms. The first-order valence-electron chi connectivity index (χ1n) is 10.5. The summed E-state index contributed by atoms with van der Waals surface area (Å²) in [6.07, 6.45) is 0. The van der Waals surface area contributed by atoms with Crippen LogP contribution in [0.4, 0.5) is 0 Å². The lowest BCUT2D eigenvalue weighted by molar-refractivity contribution is -0.122. The Morgan fingerprint density at radius 3 is 2.24 bits per heavy atom. The molecule has 4 rings (SSSR count). The minimum absolute atomic E-state index is 0.0295. The van der Waals surface area contributed by atoms with Crippen molar-refractivity contribution in [3.8, 4) is 0 Å². The molecule has 2 aliphatic heterocycles. The average Bonchev–Trinajstić information content (AvgIpc) is 3.26. The van der Waals surface area contributed by atoms with Crippen molar-refractivity contribution < 1.29 is 9.59 Å². The van der Waals surface area contributed by atoms with E-state index in [0.29, 0.717) is 15.0 Å². The highest BCUT2D eigenvalue weighted by atomic mass is 35.5. The standard InChI is InChI=1S/C24H24Cl2N4O2S/c1-13(2)19-20(22(32)28-12-18(27)31)33-23-29-24(3,15-6-10-17(26)11-7-15)21(30(19)23)14-4-8-16(25)9-5-14/h4-11,13,21H,12H2,1-3H3,(H2,27,31)(H,28,32). The van der Waals surface area contributed by atoms with Gasteiger partial charge in [0.2, 0.25) is 5.91 Å². The number of nitrogens with two attached hydrogens (primary N) is 1. The van der Waals surface area contributed by atoms with Crippen LogP contribution in [0.25, 0.3) is 0 Å². The maximum Gasteiger partial charge on any atom is 0.260 e. The van der Waals surface area contributed by atoms with Crippen LogP contribution in [0.1, 0.15) is 37.9 Å². The lowest BCUT2D eigenvalue weighted by Gasteiger charge is -2.37. The zero-order valence-electron chi connectivity index (χ0n) is 18.4. The number of allylic oxidation sites excluding steroid dienone is 1. The molecule has 33 heavy (non-hydrogen) atoms. The molecule has 2 aliphatic rings. The van der Waals surface area contributed by atoms with Crippen molar-refractivity contribution in [1.29, 1.82) is 0 Å². The summed E-state index contributed by atoms with van der Waals surface area (Å²) in [6, 6.07) is 15.2. The van der Waals surface area contributed by atoms with Crippen LogP contribution in [0.3, 0.4) is 0 Å². The van der Waals surface area contributed by atoms with Gasteiger partial charge in [-0.05, 0) is 60.0 Å². The molecule has 2 unspecified atom stereocenters. The predicted molar refractivity (Wildman–Crippen MR) is 134 cm³/mol. The van der Waals surface area contributed by atoms with E-state index in [1.54, 1.807) is 0 Å². The summed E-state index contributed by atoms with van der Waals surface area (Å²) in [5, 5.41) is 4.65. The fourth-order valence-corrected chi connectivity index (χ4v) is 5.90. The first-order chi connectivity index (χ1) is 15.6. The highest BCUT2D eigenvalue weighted by Gasteiger charge is 2.53. The van der Waals surface area contributed by atoms with Gasteiger partial charge < -0.3 is 16.0 Å². The maximum absolute atomic E-state index is 12.9. The van der Waals surface area contributed by atoms with Crippen molar-refractivity contribution >= 4 is 51.9 Å². The maximum atomic E-state index is 12.9. The summed E-state index contributed by atoms with van der Waals surface area (Å²) in [7, 11) is 0. The summed E-state index contributed by atoms with van der Waals surface area (Å²) >= 11 is 13.6. The number of fused-ring (bicyclic) bond motifs is 1. The molecule has 0 spiro atoms. The van der Waals surface area contributed by atoms with Gasteiger partial charge in [0, 0.05) is 15.7 Å². The molecule has 2 aromatic carbocycles. The number of thioether (sulfide) groups is 1. The fourth-order valence-electron chi connectivity index (χ4n) is 4.32. The number of rotatable bonds is 6. The monoisotopic (exact) mass is 502 g/mol. The lowest BCUT2D eigenvalue weighted by atomic mass is 9.81. The van der Waals surface area contributed by atoms with Crippen LogP contribution in [-0.2, 0) is 15.1 Å². The number of amides is 2. The lowest BCUT2D eigenvalue weighted by Crippen LogP contribution is -2.37. The largest absolute Gasteiger partial charge is 0.368 e. The van der Waals surface area contributed by atoms with Crippen molar-refractivity contribution in [1.82, 2.24) is 10.2 Å². The summed E-state index contributed by atoms with van der Waals surface area (Å²) in [4.78, 5) is 31.9. The van der Waals surface area contributed by atoms with Gasteiger partial charge in [0.15, 0.2) is 5.17 Å². The van der Waals surface area contributed by atoms with Gasteiger partial charge in [-0.1, -0.05) is 61.3 Å². The summed E-state index contributed by atoms with van der Waals surface area (Å²) in [5.41, 5.74) is 7.48.